The highest BCUT2D eigenvalue weighted by atomic mass is 35.5. The molecule has 7 heteroatoms. The summed E-state index contributed by atoms with van der Waals surface area (Å²) in [5.41, 5.74) is -1.09. The number of ether oxygens (including phenoxy) is 1. The van der Waals surface area contributed by atoms with Crippen LogP contribution in [-0.2, 0) is 18.8 Å². The van der Waals surface area contributed by atoms with E-state index in [1.807, 2.05) is 19.6 Å². The van der Waals surface area contributed by atoms with Crippen LogP contribution in [-0.4, -0.2) is 37.6 Å². The van der Waals surface area contributed by atoms with Crippen LogP contribution in [0.5, 0.6) is 0 Å². The average molecular weight is 419 g/mol. The molecule has 1 aliphatic rings. The van der Waals surface area contributed by atoms with Crippen LogP contribution in [0.3, 0.4) is 0 Å². The van der Waals surface area contributed by atoms with E-state index in [9.17, 15) is 9.59 Å². The summed E-state index contributed by atoms with van der Waals surface area (Å²) in [7, 11) is -2.10. The maximum Gasteiger partial charge on any atom is 0.322 e. The SMILES string of the molecule is CC(C)CCCC(C)CCC1(O[Si](C)(C)C)C=C(Cl)C(=O)C1C(=O)OCO. The van der Waals surface area contributed by atoms with Crippen LogP contribution in [0, 0.1) is 17.8 Å². The lowest BCUT2D eigenvalue weighted by atomic mass is 9.83. The number of carbonyl (C=O) groups is 2. The second-order valence-corrected chi connectivity index (χ2v) is 13.9. The van der Waals surface area contributed by atoms with Gasteiger partial charge in [0, 0.05) is 0 Å². The number of hydrogen-bond donors (Lipinski definition) is 1. The molecule has 0 bridgehead atoms. The minimum atomic E-state index is -2.10. The molecule has 156 valence electrons. The fourth-order valence-electron chi connectivity index (χ4n) is 3.60. The van der Waals surface area contributed by atoms with E-state index in [2.05, 4.69) is 20.8 Å². The molecule has 5 nitrogen and oxygen atoms in total. The van der Waals surface area contributed by atoms with Gasteiger partial charge in [-0.2, -0.15) is 0 Å². The van der Waals surface area contributed by atoms with Gasteiger partial charge >= 0.3 is 5.97 Å². The number of aliphatic hydroxyl groups is 1. The fraction of sp³-hybridized carbons (Fsp3) is 0.800. The Balaban J connectivity index is 2.99. The molecular weight excluding hydrogens is 384 g/mol. The first-order valence-electron chi connectivity index (χ1n) is 9.82. The third-order valence-corrected chi connectivity index (χ3v) is 6.09. The van der Waals surface area contributed by atoms with Crippen molar-refractivity contribution >= 4 is 31.7 Å². The minimum absolute atomic E-state index is 0.0144. The maximum atomic E-state index is 12.6. The molecule has 0 saturated heterocycles. The van der Waals surface area contributed by atoms with Gasteiger partial charge in [0.25, 0.3) is 0 Å². The molecule has 0 spiro atoms. The number of halogens is 1. The monoisotopic (exact) mass is 418 g/mol. The van der Waals surface area contributed by atoms with Crippen LogP contribution in [0.15, 0.2) is 11.1 Å². The number of aliphatic hydroxyl groups excluding tert-OH is 1. The lowest BCUT2D eigenvalue weighted by Crippen LogP contribution is -2.50. The van der Waals surface area contributed by atoms with Gasteiger partial charge in [-0.15, -0.1) is 0 Å². The van der Waals surface area contributed by atoms with Crippen LogP contribution in [0.2, 0.25) is 19.6 Å². The number of hydrogen-bond acceptors (Lipinski definition) is 5. The zero-order valence-corrected chi connectivity index (χ0v) is 19.3. The topological polar surface area (TPSA) is 72.8 Å². The molecule has 0 heterocycles. The molecular formula is C20H35ClO5Si. The lowest BCUT2D eigenvalue weighted by Gasteiger charge is -2.38. The Kier molecular flexibility index (Phi) is 9.19. The molecule has 0 saturated carbocycles. The van der Waals surface area contributed by atoms with E-state index in [0.29, 0.717) is 18.3 Å². The number of Topliss-reactive ketones (excluding diaryl/α,β-unsaturated/α-hetero) is 1. The average Bonchev–Trinajstić information content (AvgIpc) is 2.74. The molecule has 0 aromatic heterocycles. The third-order valence-electron chi connectivity index (χ3n) is 4.80. The Morgan fingerprint density at radius 1 is 1.26 bits per heavy atom. The van der Waals surface area contributed by atoms with Gasteiger partial charge in [-0.3, -0.25) is 9.59 Å². The fourth-order valence-corrected chi connectivity index (χ4v) is 5.31. The van der Waals surface area contributed by atoms with Gasteiger partial charge in [0.2, 0.25) is 0 Å². The third kappa shape index (κ3) is 7.33. The van der Waals surface area contributed by atoms with E-state index in [-0.39, 0.29) is 5.03 Å². The first-order valence-corrected chi connectivity index (χ1v) is 13.6. The van der Waals surface area contributed by atoms with E-state index in [1.54, 1.807) is 6.08 Å². The van der Waals surface area contributed by atoms with Gasteiger partial charge < -0.3 is 14.3 Å². The van der Waals surface area contributed by atoms with Crippen molar-refractivity contribution in [2.24, 2.45) is 17.8 Å². The van der Waals surface area contributed by atoms with Crippen LogP contribution in [0.4, 0.5) is 0 Å². The van der Waals surface area contributed by atoms with Crippen molar-refractivity contribution in [1.29, 1.82) is 0 Å². The highest BCUT2D eigenvalue weighted by Gasteiger charge is 2.54. The summed E-state index contributed by atoms with van der Waals surface area (Å²) in [6.07, 6.45) is 6.38. The molecule has 0 amide bonds. The Bertz CT molecular complexity index is 555. The predicted octanol–water partition coefficient (Wildman–Crippen LogP) is 4.63. The van der Waals surface area contributed by atoms with Crippen molar-refractivity contribution in [3.05, 3.63) is 11.1 Å². The summed E-state index contributed by atoms with van der Waals surface area (Å²) in [6.45, 7) is 11.9. The summed E-state index contributed by atoms with van der Waals surface area (Å²) in [5, 5.41) is 8.99. The van der Waals surface area contributed by atoms with Crippen molar-refractivity contribution in [3.8, 4) is 0 Å². The summed E-state index contributed by atoms with van der Waals surface area (Å²) in [4.78, 5) is 25.0. The molecule has 1 aliphatic carbocycles. The van der Waals surface area contributed by atoms with E-state index < -0.39 is 38.4 Å². The molecule has 3 unspecified atom stereocenters. The van der Waals surface area contributed by atoms with E-state index in [0.717, 1.165) is 19.3 Å². The molecule has 1 rings (SSSR count). The molecule has 27 heavy (non-hydrogen) atoms. The van der Waals surface area contributed by atoms with Gasteiger partial charge in [0.1, 0.15) is 0 Å². The van der Waals surface area contributed by atoms with Crippen LogP contribution in [0.25, 0.3) is 0 Å². The van der Waals surface area contributed by atoms with E-state index >= 15 is 0 Å². The van der Waals surface area contributed by atoms with Crippen molar-refractivity contribution < 1.29 is 23.9 Å². The van der Waals surface area contributed by atoms with E-state index in [1.165, 1.54) is 6.42 Å². The summed E-state index contributed by atoms with van der Waals surface area (Å²) < 4.78 is 11.1. The number of allylic oxidation sites excluding steroid dienone is 1. The Hall–Kier alpha value is -0.693. The lowest BCUT2D eigenvalue weighted by molar-refractivity contribution is -0.164. The van der Waals surface area contributed by atoms with Gasteiger partial charge in [0.15, 0.2) is 26.8 Å². The smallest absolute Gasteiger partial charge is 0.322 e. The first kappa shape index (κ1) is 24.3. The Labute approximate surface area is 169 Å². The van der Waals surface area contributed by atoms with Crippen molar-refractivity contribution in [1.82, 2.24) is 0 Å². The molecule has 0 aromatic carbocycles. The number of rotatable bonds is 11. The van der Waals surface area contributed by atoms with Crippen molar-refractivity contribution in [2.75, 3.05) is 6.79 Å². The van der Waals surface area contributed by atoms with Gasteiger partial charge in [-0.25, -0.2) is 0 Å². The number of esters is 1. The highest BCUT2D eigenvalue weighted by Crippen LogP contribution is 2.43. The van der Waals surface area contributed by atoms with Crippen LogP contribution >= 0.6 is 11.6 Å². The normalized spacial score (nSPS) is 24.3. The minimum Gasteiger partial charge on any atom is -0.438 e. The molecule has 1 N–H and O–H groups in total. The van der Waals surface area contributed by atoms with Gasteiger partial charge in [-0.05, 0) is 50.4 Å². The van der Waals surface area contributed by atoms with Crippen molar-refractivity contribution in [2.45, 2.75) is 78.1 Å². The second kappa shape index (κ2) is 10.2. The van der Waals surface area contributed by atoms with Crippen LogP contribution < -0.4 is 0 Å². The van der Waals surface area contributed by atoms with Gasteiger partial charge in [0.05, 0.1) is 10.6 Å². The molecule has 3 atom stereocenters. The van der Waals surface area contributed by atoms with Gasteiger partial charge in [-0.1, -0.05) is 51.6 Å². The number of ketones is 1. The standard InChI is InChI=1S/C20H35ClO5Si/c1-14(2)8-7-9-15(3)10-11-20(26-27(4,5)6)12-16(21)18(23)17(20)19(24)25-13-22/h12,14-15,17,22H,7-11,13H2,1-6H3. The molecule has 0 aliphatic heterocycles. The summed E-state index contributed by atoms with van der Waals surface area (Å²) >= 11 is 6.13. The summed E-state index contributed by atoms with van der Waals surface area (Å²) in [5.74, 6) is -1.28. The Morgan fingerprint density at radius 2 is 1.89 bits per heavy atom. The zero-order valence-electron chi connectivity index (χ0n) is 17.5. The maximum absolute atomic E-state index is 12.6. The van der Waals surface area contributed by atoms with E-state index in [4.69, 9.17) is 25.9 Å². The molecule has 0 fully saturated rings. The predicted molar refractivity (Wildman–Crippen MR) is 110 cm³/mol. The largest absolute Gasteiger partial charge is 0.438 e. The second-order valence-electron chi connectivity index (χ2n) is 9.02. The Morgan fingerprint density at radius 3 is 2.41 bits per heavy atom. The van der Waals surface area contributed by atoms with Crippen molar-refractivity contribution in [3.63, 3.8) is 0 Å². The molecule has 0 radical (unpaired) electrons. The summed E-state index contributed by atoms with van der Waals surface area (Å²) in [6, 6.07) is 0. The zero-order chi connectivity index (χ0) is 20.8. The quantitative estimate of drug-likeness (QED) is 0.229. The first-order chi connectivity index (χ1) is 12.4. The number of carbonyl (C=O) groups excluding carboxylic acids is 2. The molecule has 0 aromatic rings. The van der Waals surface area contributed by atoms with Crippen LogP contribution in [0.1, 0.15) is 52.9 Å². The highest BCUT2D eigenvalue weighted by molar-refractivity contribution is 6.70.